The molecule has 17 heavy (non-hydrogen) atoms. The topological polar surface area (TPSA) is 38.3 Å². The van der Waals surface area contributed by atoms with Crippen molar-refractivity contribution in [2.24, 2.45) is 5.92 Å². The lowest BCUT2D eigenvalue weighted by atomic mass is 10.3. The second kappa shape index (κ2) is 5.36. The summed E-state index contributed by atoms with van der Waals surface area (Å²) in [6.07, 6.45) is 1.97. The summed E-state index contributed by atoms with van der Waals surface area (Å²) < 4.78 is 18.1. The summed E-state index contributed by atoms with van der Waals surface area (Å²) >= 11 is 5.78. The van der Waals surface area contributed by atoms with Crippen molar-refractivity contribution in [1.82, 2.24) is 5.32 Å². The summed E-state index contributed by atoms with van der Waals surface area (Å²) in [5.41, 5.74) is 0. The third-order valence-electron chi connectivity index (χ3n) is 2.50. The Morgan fingerprint density at radius 1 is 1.53 bits per heavy atom. The predicted octanol–water partition coefficient (Wildman–Crippen LogP) is 2.38. The molecule has 0 atom stereocenters. The smallest absolute Gasteiger partial charge is 0.223 e. The molecule has 1 aromatic rings. The van der Waals surface area contributed by atoms with Crippen LogP contribution in [-0.2, 0) is 4.79 Å². The molecule has 0 aromatic heterocycles. The normalized spacial score (nSPS) is 14.5. The Bertz CT molecular complexity index is 421. The van der Waals surface area contributed by atoms with Crippen molar-refractivity contribution in [3.8, 4) is 5.75 Å². The second-order valence-electron chi connectivity index (χ2n) is 3.99. The van der Waals surface area contributed by atoms with Gasteiger partial charge in [0.1, 0.15) is 18.2 Å². The molecule has 1 amide bonds. The summed E-state index contributed by atoms with van der Waals surface area (Å²) in [7, 11) is 0. The number of nitrogens with one attached hydrogen (secondary N) is 1. The van der Waals surface area contributed by atoms with E-state index in [1.165, 1.54) is 18.2 Å². The average molecular weight is 258 g/mol. The first-order chi connectivity index (χ1) is 8.16. The second-order valence-corrected chi connectivity index (χ2v) is 4.40. The summed E-state index contributed by atoms with van der Waals surface area (Å²) in [6.45, 7) is 0.757. The molecule has 0 bridgehead atoms. The molecule has 2 rings (SSSR count). The van der Waals surface area contributed by atoms with Gasteiger partial charge >= 0.3 is 0 Å². The molecule has 0 aliphatic heterocycles. The minimum Gasteiger partial charge on any atom is -0.490 e. The van der Waals surface area contributed by atoms with Gasteiger partial charge in [-0.3, -0.25) is 4.79 Å². The Morgan fingerprint density at radius 3 is 2.94 bits per heavy atom. The Labute approximate surface area is 104 Å². The van der Waals surface area contributed by atoms with Gasteiger partial charge in [0.2, 0.25) is 5.91 Å². The fourth-order valence-electron chi connectivity index (χ4n) is 1.42. The Kier molecular flexibility index (Phi) is 3.84. The number of rotatable bonds is 5. The first-order valence-electron chi connectivity index (χ1n) is 5.52. The van der Waals surface area contributed by atoms with E-state index in [-0.39, 0.29) is 16.8 Å². The predicted molar refractivity (Wildman–Crippen MR) is 62.6 cm³/mol. The van der Waals surface area contributed by atoms with Crippen molar-refractivity contribution < 1.29 is 13.9 Å². The molecule has 0 saturated heterocycles. The fraction of sp³-hybridized carbons (Fsp3) is 0.417. The van der Waals surface area contributed by atoms with Crippen LogP contribution in [-0.4, -0.2) is 19.1 Å². The SMILES string of the molecule is O=C(NCCOc1ccc(F)cc1Cl)C1CC1. The monoisotopic (exact) mass is 257 g/mol. The van der Waals surface area contributed by atoms with E-state index in [1.807, 2.05) is 0 Å². The maximum Gasteiger partial charge on any atom is 0.223 e. The van der Waals surface area contributed by atoms with Crippen molar-refractivity contribution in [3.63, 3.8) is 0 Å². The van der Waals surface area contributed by atoms with Crippen molar-refractivity contribution in [3.05, 3.63) is 29.0 Å². The third kappa shape index (κ3) is 3.60. The van der Waals surface area contributed by atoms with E-state index in [0.29, 0.717) is 18.9 Å². The molecule has 5 heteroatoms. The zero-order valence-electron chi connectivity index (χ0n) is 9.21. The number of amides is 1. The van der Waals surface area contributed by atoms with Crippen LogP contribution in [0, 0.1) is 11.7 Å². The average Bonchev–Trinajstić information content (AvgIpc) is 3.10. The zero-order chi connectivity index (χ0) is 12.3. The minimum atomic E-state index is -0.399. The molecule has 0 spiro atoms. The van der Waals surface area contributed by atoms with Crippen LogP contribution in [0.4, 0.5) is 4.39 Å². The highest BCUT2D eigenvalue weighted by molar-refractivity contribution is 6.32. The number of ether oxygens (including phenoxy) is 1. The van der Waals surface area contributed by atoms with Gasteiger partial charge in [-0.05, 0) is 31.0 Å². The summed E-state index contributed by atoms with van der Waals surface area (Å²) in [4.78, 5) is 11.3. The minimum absolute atomic E-state index is 0.0822. The molecule has 1 aromatic carbocycles. The number of hydrogen-bond acceptors (Lipinski definition) is 2. The Hall–Kier alpha value is -1.29. The Balaban J connectivity index is 1.72. The summed E-state index contributed by atoms with van der Waals surface area (Å²) in [5, 5.41) is 3.00. The highest BCUT2D eigenvalue weighted by Gasteiger charge is 2.28. The van der Waals surface area contributed by atoms with Crippen LogP contribution < -0.4 is 10.1 Å². The number of halogens is 2. The van der Waals surface area contributed by atoms with E-state index < -0.39 is 5.82 Å². The van der Waals surface area contributed by atoms with E-state index in [4.69, 9.17) is 16.3 Å². The van der Waals surface area contributed by atoms with Crippen molar-refractivity contribution in [2.45, 2.75) is 12.8 Å². The standard InChI is InChI=1S/C12H13ClFNO2/c13-10-7-9(14)3-4-11(10)17-6-5-15-12(16)8-1-2-8/h3-4,7-8H,1-2,5-6H2,(H,15,16). The maximum absolute atomic E-state index is 12.7. The maximum atomic E-state index is 12.7. The molecule has 92 valence electrons. The molecular formula is C12H13ClFNO2. The summed E-state index contributed by atoms with van der Waals surface area (Å²) in [5.74, 6) is 0.307. The van der Waals surface area contributed by atoms with Gasteiger partial charge in [0, 0.05) is 5.92 Å². The molecule has 1 aliphatic rings. The molecule has 3 nitrogen and oxygen atoms in total. The van der Waals surface area contributed by atoms with Crippen molar-refractivity contribution >= 4 is 17.5 Å². The van der Waals surface area contributed by atoms with E-state index >= 15 is 0 Å². The molecular weight excluding hydrogens is 245 g/mol. The molecule has 1 saturated carbocycles. The van der Waals surface area contributed by atoms with Crippen LogP contribution in [0.15, 0.2) is 18.2 Å². The number of carbonyl (C=O) groups excluding carboxylic acids is 1. The third-order valence-corrected chi connectivity index (χ3v) is 2.80. The van der Waals surface area contributed by atoms with Crippen LogP contribution in [0.2, 0.25) is 5.02 Å². The van der Waals surface area contributed by atoms with E-state index in [0.717, 1.165) is 12.8 Å². The molecule has 0 unspecified atom stereocenters. The zero-order valence-corrected chi connectivity index (χ0v) is 9.97. The van der Waals surface area contributed by atoms with E-state index in [1.54, 1.807) is 0 Å². The van der Waals surface area contributed by atoms with Gasteiger partial charge in [-0.25, -0.2) is 4.39 Å². The van der Waals surface area contributed by atoms with Gasteiger partial charge in [-0.15, -0.1) is 0 Å². The van der Waals surface area contributed by atoms with Crippen LogP contribution >= 0.6 is 11.6 Å². The van der Waals surface area contributed by atoms with Crippen LogP contribution in [0.1, 0.15) is 12.8 Å². The molecule has 0 heterocycles. The van der Waals surface area contributed by atoms with Gasteiger partial charge in [-0.1, -0.05) is 11.6 Å². The first kappa shape index (κ1) is 12.2. The largest absolute Gasteiger partial charge is 0.490 e. The van der Waals surface area contributed by atoms with Crippen LogP contribution in [0.3, 0.4) is 0 Å². The molecule has 0 radical (unpaired) electrons. The summed E-state index contributed by atoms with van der Waals surface area (Å²) in [6, 6.07) is 3.95. The van der Waals surface area contributed by atoms with E-state index in [9.17, 15) is 9.18 Å². The van der Waals surface area contributed by atoms with Crippen LogP contribution in [0.25, 0.3) is 0 Å². The van der Waals surface area contributed by atoms with Crippen molar-refractivity contribution in [2.75, 3.05) is 13.2 Å². The fourth-order valence-corrected chi connectivity index (χ4v) is 1.64. The Morgan fingerprint density at radius 2 is 2.29 bits per heavy atom. The van der Waals surface area contributed by atoms with Gasteiger partial charge in [0.25, 0.3) is 0 Å². The van der Waals surface area contributed by atoms with Gasteiger partial charge in [0.05, 0.1) is 11.6 Å². The van der Waals surface area contributed by atoms with E-state index in [2.05, 4.69) is 5.32 Å². The van der Waals surface area contributed by atoms with Crippen LogP contribution in [0.5, 0.6) is 5.75 Å². The lowest BCUT2D eigenvalue weighted by molar-refractivity contribution is -0.122. The highest BCUT2D eigenvalue weighted by atomic mass is 35.5. The molecule has 1 aliphatic carbocycles. The molecule has 1 N–H and O–H groups in total. The van der Waals surface area contributed by atoms with Gasteiger partial charge in [-0.2, -0.15) is 0 Å². The van der Waals surface area contributed by atoms with Gasteiger partial charge < -0.3 is 10.1 Å². The number of hydrogen-bond donors (Lipinski definition) is 1. The first-order valence-corrected chi connectivity index (χ1v) is 5.90. The molecule has 1 fully saturated rings. The highest BCUT2D eigenvalue weighted by Crippen LogP contribution is 2.28. The lowest BCUT2D eigenvalue weighted by Gasteiger charge is -2.08. The quantitative estimate of drug-likeness (QED) is 0.823. The number of benzene rings is 1. The van der Waals surface area contributed by atoms with Gasteiger partial charge in [0.15, 0.2) is 0 Å². The van der Waals surface area contributed by atoms with Crippen molar-refractivity contribution in [1.29, 1.82) is 0 Å². The lowest BCUT2D eigenvalue weighted by Crippen LogP contribution is -2.29. The number of carbonyl (C=O) groups is 1.